The van der Waals surface area contributed by atoms with Crippen molar-refractivity contribution in [3.05, 3.63) is 101 Å². The molecule has 0 unspecified atom stereocenters. The Morgan fingerprint density at radius 2 is 1.64 bits per heavy atom. The van der Waals surface area contributed by atoms with Gasteiger partial charge >= 0.3 is 0 Å². The Labute approximate surface area is 148 Å². The maximum absolute atomic E-state index is 8.86. The van der Waals surface area contributed by atoms with E-state index in [1.54, 1.807) is 0 Å². The number of aryl methyl sites for hydroxylation is 2. The summed E-state index contributed by atoms with van der Waals surface area (Å²) in [5, 5.41) is 8.86. The van der Waals surface area contributed by atoms with E-state index in [4.69, 9.17) is 5.26 Å². The second kappa shape index (κ2) is 6.73. The molecule has 0 aliphatic heterocycles. The molecule has 0 radical (unpaired) electrons. The van der Waals surface area contributed by atoms with Gasteiger partial charge in [0.25, 0.3) is 0 Å². The predicted octanol–water partition coefficient (Wildman–Crippen LogP) is 5.71. The highest BCUT2D eigenvalue weighted by Gasteiger charge is 2.31. The quantitative estimate of drug-likeness (QED) is 0.492. The number of hydrogen-bond acceptors (Lipinski definition) is 2. The molecule has 1 N–H and O–H groups in total. The monoisotopic (exact) mass is 330 g/mol. The molecule has 0 amide bonds. The van der Waals surface area contributed by atoms with E-state index in [9.17, 15) is 0 Å². The zero-order valence-corrected chi connectivity index (χ0v) is 14.4. The van der Waals surface area contributed by atoms with Gasteiger partial charge in [0.05, 0.1) is 0 Å². The maximum Gasteiger partial charge on any atom is 0.165 e. The second-order valence-corrected chi connectivity index (χ2v) is 6.90. The van der Waals surface area contributed by atoms with Gasteiger partial charge in [-0.1, -0.05) is 66.2 Å². The van der Waals surface area contributed by atoms with Crippen molar-refractivity contribution in [2.24, 2.45) is 0 Å². The molecule has 3 aromatic carbocycles. The smallest absolute Gasteiger partial charge is 0.165 e. The van der Waals surface area contributed by atoms with Crippen LogP contribution in [-0.2, 0) is 6.42 Å². The summed E-state index contributed by atoms with van der Waals surface area (Å²) in [6.45, 7) is 2.16. The van der Waals surface area contributed by atoms with Crippen molar-refractivity contribution < 1.29 is 10.1 Å². The van der Waals surface area contributed by atoms with E-state index in [0.29, 0.717) is 17.6 Å². The lowest BCUT2D eigenvalue weighted by atomic mass is 9.69. The van der Waals surface area contributed by atoms with Gasteiger partial charge in [0.1, 0.15) is 0 Å². The minimum Gasteiger partial charge on any atom is -0.340 e. The first-order valence-corrected chi connectivity index (χ1v) is 8.82. The average Bonchev–Trinajstić information content (AvgIpc) is 2.68. The van der Waals surface area contributed by atoms with Crippen LogP contribution in [0.25, 0.3) is 0 Å². The molecule has 25 heavy (non-hydrogen) atoms. The lowest BCUT2D eigenvalue weighted by Crippen LogP contribution is -2.20. The fourth-order valence-electron chi connectivity index (χ4n) is 4.16. The Morgan fingerprint density at radius 1 is 0.880 bits per heavy atom. The van der Waals surface area contributed by atoms with Gasteiger partial charge in [-0.3, -0.25) is 0 Å². The van der Waals surface area contributed by atoms with E-state index >= 15 is 0 Å². The van der Waals surface area contributed by atoms with Crippen LogP contribution in [-0.4, -0.2) is 5.26 Å². The molecule has 2 atom stereocenters. The second-order valence-electron chi connectivity index (χ2n) is 6.90. The van der Waals surface area contributed by atoms with Crippen molar-refractivity contribution in [3.63, 3.8) is 0 Å². The van der Waals surface area contributed by atoms with Gasteiger partial charge in [0.2, 0.25) is 0 Å². The fourth-order valence-corrected chi connectivity index (χ4v) is 4.16. The minimum atomic E-state index is 0.319. The molecule has 2 nitrogen and oxygen atoms in total. The number of rotatable bonds is 3. The van der Waals surface area contributed by atoms with E-state index in [1.165, 1.54) is 27.8 Å². The Balaban J connectivity index is 1.83. The molecule has 0 heterocycles. The van der Waals surface area contributed by atoms with E-state index < -0.39 is 0 Å². The van der Waals surface area contributed by atoms with Gasteiger partial charge in [0.15, 0.2) is 5.75 Å². The highest BCUT2D eigenvalue weighted by atomic mass is 17.1. The molecule has 4 rings (SSSR count). The van der Waals surface area contributed by atoms with E-state index in [1.807, 2.05) is 12.1 Å². The lowest BCUT2D eigenvalue weighted by molar-refractivity contribution is -0.137. The van der Waals surface area contributed by atoms with Crippen molar-refractivity contribution in [1.82, 2.24) is 0 Å². The Hall–Kier alpha value is -2.58. The van der Waals surface area contributed by atoms with Crippen molar-refractivity contribution in [2.75, 3.05) is 0 Å². The van der Waals surface area contributed by atoms with Crippen LogP contribution in [0.2, 0.25) is 0 Å². The summed E-state index contributed by atoms with van der Waals surface area (Å²) < 4.78 is 0. The Bertz CT molecular complexity index is 853. The highest BCUT2D eigenvalue weighted by Crippen LogP contribution is 2.46. The van der Waals surface area contributed by atoms with Crippen LogP contribution < -0.4 is 4.89 Å². The number of fused-ring (bicyclic) bond motifs is 1. The van der Waals surface area contributed by atoms with Crippen LogP contribution in [0.4, 0.5) is 0 Å². The zero-order valence-electron chi connectivity index (χ0n) is 14.4. The predicted molar refractivity (Wildman–Crippen MR) is 100 cm³/mol. The summed E-state index contributed by atoms with van der Waals surface area (Å²) in [7, 11) is 0. The number of benzene rings is 3. The summed E-state index contributed by atoms with van der Waals surface area (Å²) in [6, 6.07) is 25.4. The first-order valence-electron chi connectivity index (χ1n) is 8.82. The molecule has 1 aliphatic rings. The van der Waals surface area contributed by atoms with Crippen LogP contribution in [0.15, 0.2) is 72.8 Å². The van der Waals surface area contributed by atoms with Crippen LogP contribution in [0.3, 0.4) is 0 Å². The summed E-state index contributed by atoms with van der Waals surface area (Å²) in [6.07, 6.45) is 2.26. The van der Waals surface area contributed by atoms with E-state index in [2.05, 4.69) is 72.5 Å². The third kappa shape index (κ3) is 3.06. The van der Waals surface area contributed by atoms with Crippen molar-refractivity contribution in [1.29, 1.82) is 0 Å². The minimum absolute atomic E-state index is 0.319. The van der Waals surface area contributed by atoms with Crippen LogP contribution >= 0.6 is 0 Å². The van der Waals surface area contributed by atoms with Gasteiger partial charge in [-0.05, 0) is 60.1 Å². The molecule has 2 heteroatoms. The largest absolute Gasteiger partial charge is 0.340 e. The SMILES string of the molecule is Cc1ccc2c(c1)CC[C@H](c1ccccc1)[C@@H]2c1ccc(OO)cc1. The topological polar surface area (TPSA) is 29.5 Å². The zero-order chi connectivity index (χ0) is 17.2. The first kappa shape index (κ1) is 15.9. The summed E-state index contributed by atoms with van der Waals surface area (Å²) in [4.78, 5) is 4.35. The van der Waals surface area contributed by atoms with Gasteiger partial charge in [0, 0.05) is 5.92 Å². The molecule has 1 aliphatic carbocycles. The standard InChI is InChI=1S/C23H22O2/c1-16-7-13-22-19(15-16)10-14-21(17-5-3-2-4-6-17)23(22)18-8-11-20(25-24)12-9-18/h2-9,11-13,15,21,23-24H,10,14H2,1H3/t21-,23+/m1/s1. The summed E-state index contributed by atoms with van der Waals surface area (Å²) in [5.74, 6) is 1.25. The van der Waals surface area contributed by atoms with Crippen molar-refractivity contribution in [2.45, 2.75) is 31.6 Å². The number of hydrogen-bond donors (Lipinski definition) is 1. The highest BCUT2D eigenvalue weighted by molar-refractivity contribution is 5.47. The third-order valence-electron chi connectivity index (χ3n) is 5.33. The average molecular weight is 330 g/mol. The van der Waals surface area contributed by atoms with E-state index in [-0.39, 0.29) is 0 Å². The molecule has 0 fully saturated rings. The summed E-state index contributed by atoms with van der Waals surface area (Å²) >= 11 is 0. The first-order chi connectivity index (χ1) is 12.3. The molecule has 0 bridgehead atoms. The third-order valence-corrected chi connectivity index (χ3v) is 5.33. The molecular weight excluding hydrogens is 308 g/mol. The molecule has 3 aromatic rings. The fraction of sp³-hybridized carbons (Fsp3) is 0.217. The van der Waals surface area contributed by atoms with Crippen molar-refractivity contribution in [3.8, 4) is 5.75 Å². The molecule has 0 saturated heterocycles. The van der Waals surface area contributed by atoms with Gasteiger partial charge in [-0.25, -0.2) is 5.26 Å². The maximum atomic E-state index is 8.86. The summed E-state index contributed by atoms with van der Waals surface area (Å²) in [5.41, 5.74) is 6.85. The molecular formula is C23H22O2. The van der Waals surface area contributed by atoms with Crippen LogP contribution in [0.5, 0.6) is 5.75 Å². The Morgan fingerprint density at radius 3 is 2.36 bits per heavy atom. The van der Waals surface area contributed by atoms with Gasteiger partial charge in [-0.2, -0.15) is 0 Å². The van der Waals surface area contributed by atoms with Crippen LogP contribution in [0.1, 0.15) is 46.1 Å². The molecule has 0 saturated carbocycles. The van der Waals surface area contributed by atoms with Crippen LogP contribution in [0, 0.1) is 6.92 Å². The van der Waals surface area contributed by atoms with E-state index in [0.717, 1.165) is 12.8 Å². The van der Waals surface area contributed by atoms with Gasteiger partial charge < -0.3 is 4.89 Å². The Kier molecular flexibility index (Phi) is 4.29. The molecule has 0 aromatic heterocycles. The lowest BCUT2D eigenvalue weighted by Gasteiger charge is -2.35. The van der Waals surface area contributed by atoms with Crippen molar-refractivity contribution >= 4 is 0 Å². The molecule has 0 spiro atoms. The molecule has 126 valence electrons. The van der Waals surface area contributed by atoms with Gasteiger partial charge in [-0.15, -0.1) is 0 Å². The normalized spacial score (nSPS) is 19.3.